The van der Waals surface area contributed by atoms with Gasteiger partial charge in [-0.1, -0.05) is 86.4 Å². The van der Waals surface area contributed by atoms with Gasteiger partial charge in [0.1, 0.15) is 30.2 Å². The summed E-state index contributed by atoms with van der Waals surface area (Å²) in [4.78, 5) is 143. The number of fused-ring (bicyclic) bond motifs is 3. The summed E-state index contributed by atoms with van der Waals surface area (Å²) in [5.74, 6) is 1.42. The van der Waals surface area contributed by atoms with Crippen molar-refractivity contribution >= 4 is 82.2 Å². The van der Waals surface area contributed by atoms with Crippen molar-refractivity contribution in [2.45, 2.75) is 145 Å². The molecule has 3 saturated heterocycles. The Morgan fingerprint density at radius 1 is 0.880 bits per heavy atom. The topological polar surface area (TPSA) is 307 Å². The van der Waals surface area contributed by atoms with Gasteiger partial charge in [0.25, 0.3) is 11.8 Å². The van der Waals surface area contributed by atoms with Crippen molar-refractivity contribution < 1.29 is 66.3 Å². The number of benzene rings is 3. The van der Waals surface area contributed by atoms with E-state index in [0.29, 0.717) is 54.6 Å². The number of carbonyl (C=O) groups excluding carboxylic acids is 9. The summed E-state index contributed by atoms with van der Waals surface area (Å²) in [6, 6.07) is 12.2. The van der Waals surface area contributed by atoms with Crippen molar-refractivity contribution in [3.05, 3.63) is 105 Å². The lowest BCUT2D eigenvalue weighted by Crippen LogP contribution is -2.61. The summed E-state index contributed by atoms with van der Waals surface area (Å²) in [5, 5.41) is 13.6. The Balaban J connectivity index is 0.814. The van der Waals surface area contributed by atoms with E-state index >= 15 is 0 Å². The second-order valence-electron chi connectivity index (χ2n) is 21.5. The van der Waals surface area contributed by atoms with Gasteiger partial charge < -0.3 is 51.5 Å². The van der Waals surface area contributed by atoms with E-state index in [2.05, 4.69) is 38.4 Å². The molecule has 0 aliphatic carbocycles. The Labute approximate surface area is 482 Å². The van der Waals surface area contributed by atoms with Crippen LogP contribution in [-0.2, 0) is 50.3 Å². The van der Waals surface area contributed by atoms with Gasteiger partial charge in [-0.05, 0) is 105 Å². The summed E-state index contributed by atoms with van der Waals surface area (Å²) >= 11 is 0.923. The molecule has 9 amide bonds. The van der Waals surface area contributed by atoms with Crippen LogP contribution in [0, 0.1) is 11.8 Å². The molecule has 8 rings (SSSR count). The fourth-order valence-corrected chi connectivity index (χ4v) is 12.5. The Morgan fingerprint density at radius 3 is 2.34 bits per heavy atom. The SMILES string of the molecule is CN1CC[C@H]2CC[C@@H](C(=O)NC(CCC(N)=O)C(=O)NC(C(=O)NCCCCCCCCCC#Cc3cccc4c3CN(C3CCC(=O)NC3=O)C4=O)c3ccccc3)N2C(=O)[C@@H](NC(=O)c2cc3cc(C(F)(F)P(=O)(O)O)ccc3s2)C1. The molecule has 3 fully saturated rings. The van der Waals surface area contributed by atoms with Crippen molar-refractivity contribution in [1.29, 1.82) is 0 Å². The molecule has 5 heterocycles. The summed E-state index contributed by atoms with van der Waals surface area (Å²) in [6.45, 7) is 1.12. The molecule has 21 nitrogen and oxygen atoms in total. The first-order valence-electron chi connectivity index (χ1n) is 27.9. The van der Waals surface area contributed by atoms with Gasteiger partial charge in [0.15, 0.2) is 0 Å². The fraction of sp³-hybridized carbons (Fsp3) is 0.466. The molecule has 0 saturated carbocycles. The van der Waals surface area contributed by atoms with Crippen LogP contribution < -0.4 is 32.3 Å². The van der Waals surface area contributed by atoms with Gasteiger partial charge >= 0.3 is 13.3 Å². The number of halogens is 2. The van der Waals surface area contributed by atoms with Gasteiger partial charge in [-0.15, -0.1) is 11.3 Å². The second-order valence-corrected chi connectivity index (χ2v) is 24.2. The smallest absolute Gasteiger partial charge is 0.370 e. The Bertz CT molecular complexity index is 3260. The van der Waals surface area contributed by atoms with Crippen molar-refractivity contribution in [2.24, 2.45) is 5.73 Å². The maximum atomic E-state index is 14.5. The zero-order valence-corrected chi connectivity index (χ0v) is 47.5. The molecule has 4 aromatic rings. The third-order valence-electron chi connectivity index (χ3n) is 15.5. The highest BCUT2D eigenvalue weighted by molar-refractivity contribution is 7.52. The average Bonchev–Trinajstić information content (AvgIpc) is 3.46. The van der Waals surface area contributed by atoms with Gasteiger partial charge in [-0.3, -0.25) is 53.0 Å². The number of hydrogen-bond donors (Lipinski definition) is 8. The molecule has 0 bridgehead atoms. The number of alkyl halides is 2. The molecule has 3 aromatic carbocycles. The van der Waals surface area contributed by atoms with Crippen LogP contribution in [0.4, 0.5) is 8.78 Å². The van der Waals surface area contributed by atoms with Gasteiger partial charge in [0, 0.05) is 66.3 Å². The van der Waals surface area contributed by atoms with E-state index in [1.54, 1.807) is 49.5 Å². The third-order valence-corrected chi connectivity index (χ3v) is 17.6. The molecule has 4 aliphatic rings. The number of thiophene rings is 1. The van der Waals surface area contributed by atoms with E-state index in [1.165, 1.54) is 21.9 Å². The summed E-state index contributed by atoms with van der Waals surface area (Å²) in [7, 11) is -4.09. The van der Waals surface area contributed by atoms with Crippen LogP contribution in [0.15, 0.2) is 72.8 Å². The predicted molar refractivity (Wildman–Crippen MR) is 302 cm³/mol. The number of nitrogens with two attached hydrogens (primary N) is 1. The van der Waals surface area contributed by atoms with E-state index in [-0.39, 0.29) is 67.3 Å². The maximum Gasteiger partial charge on any atom is 0.399 e. The number of primary amides is 1. The maximum absolute atomic E-state index is 14.5. The number of rotatable bonds is 23. The standard InChI is InChI=1S/C58H68F2N9O12PS/c1-67-30-28-39-21-23-45(69(39)57(78)43(34-67)64-54(75)47-32-37-31-38(20-25-46(37)83-47)58(59,60)82(79,80)81)53(74)63-42(22-26-48(61)70)51(72)66-50(36-16-11-9-12-17-36)55(76)62-29-13-8-6-4-2-3-5-7-10-15-35-18-14-19-40-41(35)33-68(56(40)77)44-24-27-49(71)65-52(44)73/h9,11-12,14,16-20,25,31-32,39,42-45,50H,2-8,13,21-24,26-30,33-34H2,1H3,(H2,61,70)(H,62,76)(H,63,74)(H,64,75)(H,66,72)(H,65,71,73)(H2,79,80,81)/t39-,42?,43+,44?,45+,50?/m1/s1. The molecular weight excluding hydrogens is 1120 g/mol. The van der Waals surface area contributed by atoms with Crippen molar-refractivity contribution in [1.82, 2.24) is 41.3 Å². The van der Waals surface area contributed by atoms with Crippen molar-refractivity contribution in [3.8, 4) is 11.8 Å². The number of hydrogen-bond acceptors (Lipinski definition) is 12. The molecule has 83 heavy (non-hydrogen) atoms. The lowest BCUT2D eigenvalue weighted by atomic mass is 10.0. The highest BCUT2D eigenvalue weighted by atomic mass is 32.1. The van der Waals surface area contributed by atoms with Crippen LogP contribution in [0.2, 0.25) is 0 Å². The number of nitrogens with zero attached hydrogens (tertiary/aromatic N) is 3. The minimum absolute atomic E-state index is 0.0330. The lowest BCUT2D eigenvalue weighted by molar-refractivity contribution is -0.144. The quantitative estimate of drug-likeness (QED) is 0.0219. The highest BCUT2D eigenvalue weighted by Crippen LogP contribution is 2.59. The molecule has 1 aromatic heterocycles. The van der Waals surface area contributed by atoms with E-state index in [0.717, 1.165) is 73.1 Å². The van der Waals surface area contributed by atoms with Gasteiger partial charge in [0.05, 0.1) is 4.88 Å². The molecule has 0 radical (unpaired) electrons. The van der Waals surface area contributed by atoms with Crippen LogP contribution in [-0.4, -0.2) is 135 Å². The first-order valence-corrected chi connectivity index (χ1v) is 30.3. The summed E-state index contributed by atoms with van der Waals surface area (Å²) in [5.41, 5.74) is 2.64. The van der Waals surface area contributed by atoms with Crippen LogP contribution in [0.5, 0.6) is 0 Å². The van der Waals surface area contributed by atoms with E-state index < -0.39 is 96.4 Å². The van der Waals surface area contributed by atoms with Crippen molar-refractivity contribution in [2.75, 3.05) is 26.7 Å². The number of likely N-dealkylation sites (N-methyl/N-ethyl adjacent to an activating group) is 1. The molecule has 6 atom stereocenters. The first-order chi connectivity index (χ1) is 39.6. The van der Waals surface area contributed by atoms with Gasteiger partial charge in [0.2, 0.25) is 41.4 Å². The molecular formula is C58H68F2N9O12PS. The zero-order valence-electron chi connectivity index (χ0n) is 45.8. The third kappa shape index (κ3) is 15.0. The number of carbonyl (C=O) groups is 9. The van der Waals surface area contributed by atoms with Crippen LogP contribution in [0.25, 0.3) is 10.1 Å². The van der Waals surface area contributed by atoms with Crippen molar-refractivity contribution in [3.63, 3.8) is 0 Å². The molecule has 4 aliphatic heterocycles. The largest absolute Gasteiger partial charge is 0.399 e. The number of piperidine rings is 1. The number of imide groups is 1. The first kappa shape index (κ1) is 61.6. The lowest BCUT2D eigenvalue weighted by Gasteiger charge is -2.38. The number of unbranched alkanes of at least 4 members (excludes halogenated alkanes) is 7. The van der Waals surface area contributed by atoms with E-state index in [1.807, 2.05) is 11.0 Å². The second kappa shape index (κ2) is 27.3. The average molecular weight is 1180 g/mol. The predicted octanol–water partition coefficient (Wildman–Crippen LogP) is 4.58. The van der Waals surface area contributed by atoms with Crippen LogP contribution >= 0.6 is 18.9 Å². The molecule has 0 spiro atoms. The fourth-order valence-electron chi connectivity index (χ4n) is 11.0. The minimum atomic E-state index is -5.86. The molecule has 3 unspecified atom stereocenters. The van der Waals surface area contributed by atoms with Crippen LogP contribution in [0.3, 0.4) is 0 Å². The molecule has 442 valence electrons. The minimum Gasteiger partial charge on any atom is -0.370 e. The zero-order chi connectivity index (χ0) is 59.6. The molecule has 9 N–H and O–H groups in total. The normalized spacial score (nSPS) is 20.0. The monoisotopic (exact) mass is 1180 g/mol. The van der Waals surface area contributed by atoms with E-state index in [9.17, 15) is 66.3 Å². The number of nitrogens with one attached hydrogen (secondary N) is 5. The van der Waals surface area contributed by atoms with Crippen LogP contribution in [0.1, 0.15) is 145 Å². The Hall–Kier alpha value is -7.42. The Morgan fingerprint density at radius 2 is 1.61 bits per heavy atom. The summed E-state index contributed by atoms with van der Waals surface area (Å²) in [6.07, 6.45) is 8.02. The van der Waals surface area contributed by atoms with E-state index in [4.69, 9.17) is 5.73 Å². The van der Waals surface area contributed by atoms with Gasteiger partial charge in [-0.2, -0.15) is 8.78 Å². The van der Waals surface area contributed by atoms with Gasteiger partial charge in [-0.25, -0.2) is 0 Å². The summed E-state index contributed by atoms with van der Waals surface area (Å²) < 4.78 is 41.0. The Kier molecular flexibility index (Phi) is 20.3. The number of amides is 9. The highest BCUT2D eigenvalue weighted by Gasteiger charge is 2.51. The molecule has 25 heteroatoms.